The van der Waals surface area contributed by atoms with Crippen molar-refractivity contribution in [3.8, 4) is 6.07 Å². The van der Waals surface area contributed by atoms with Gasteiger partial charge in [0.1, 0.15) is 17.3 Å². The zero-order chi connectivity index (χ0) is 23.1. The summed E-state index contributed by atoms with van der Waals surface area (Å²) in [6.07, 6.45) is -0.478. The molecule has 8 nitrogen and oxygen atoms in total. The van der Waals surface area contributed by atoms with Gasteiger partial charge in [0.05, 0.1) is 29.2 Å². The van der Waals surface area contributed by atoms with Crippen LogP contribution >= 0.6 is 0 Å². The number of nitro benzene ring substituents is 1. The third kappa shape index (κ3) is 3.67. The third-order valence-corrected chi connectivity index (χ3v) is 6.45. The number of anilines is 2. The van der Waals surface area contributed by atoms with Gasteiger partial charge in [0.15, 0.2) is 0 Å². The average Bonchev–Trinajstić information content (AvgIpc) is 3.29. The topological polar surface area (TPSA) is 131 Å². The molecule has 0 saturated carbocycles. The summed E-state index contributed by atoms with van der Waals surface area (Å²) in [5.74, 6) is 0. The second-order valence-corrected chi connectivity index (χ2v) is 8.47. The van der Waals surface area contributed by atoms with Gasteiger partial charge in [-0.1, -0.05) is 48.5 Å². The van der Waals surface area contributed by atoms with E-state index in [1.165, 1.54) is 6.07 Å². The van der Waals surface area contributed by atoms with E-state index in [1.54, 1.807) is 6.07 Å². The minimum absolute atomic E-state index is 0.103. The van der Waals surface area contributed by atoms with Crippen LogP contribution in [0.5, 0.6) is 0 Å². The van der Waals surface area contributed by atoms with Gasteiger partial charge in [-0.2, -0.15) is 5.26 Å². The Hall–Kier alpha value is -3.93. The van der Waals surface area contributed by atoms with Crippen LogP contribution in [0.25, 0.3) is 0 Å². The van der Waals surface area contributed by atoms with E-state index in [2.05, 4.69) is 10.6 Å². The lowest BCUT2D eigenvalue weighted by molar-refractivity contribution is -0.384. The molecule has 2 aliphatic rings. The van der Waals surface area contributed by atoms with Crippen molar-refractivity contribution in [2.24, 2.45) is 0 Å². The van der Waals surface area contributed by atoms with Crippen molar-refractivity contribution < 1.29 is 15.1 Å². The van der Waals surface area contributed by atoms with Gasteiger partial charge in [-0.3, -0.25) is 10.1 Å². The van der Waals surface area contributed by atoms with Crippen molar-refractivity contribution in [3.05, 3.63) is 98.6 Å². The van der Waals surface area contributed by atoms with E-state index in [0.29, 0.717) is 18.5 Å². The summed E-state index contributed by atoms with van der Waals surface area (Å²) >= 11 is 0. The fourth-order valence-electron chi connectivity index (χ4n) is 4.95. The molecule has 0 fully saturated rings. The van der Waals surface area contributed by atoms with Crippen LogP contribution in [0.3, 0.4) is 0 Å². The first-order chi connectivity index (χ1) is 16.0. The second kappa shape index (κ2) is 8.20. The number of aliphatic hydroxyl groups excluding tert-OH is 2. The van der Waals surface area contributed by atoms with E-state index < -0.39 is 29.2 Å². The Morgan fingerprint density at radius 2 is 1.45 bits per heavy atom. The largest absolute Gasteiger partial charge is 0.390 e. The Morgan fingerprint density at radius 3 is 2.00 bits per heavy atom. The van der Waals surface area contributed by atoms with Gasteiger partial charge in [0.2, 0.25) is 0 Å². The molecule has 2 aliphatic carbocycles. The van der Waals surface area contributed by atoms with E-state index in [4.69, 9.17) is 0 Å². The Morgan fingerprint density at radius 1 is 0.909 bits per heavy atom. The van der Waals surface area contributed by atoms with Crippen molar-refractivity contribution in [2.75, 3.05) is 10.6 Å². The van der Waals surface area contributed by atoms with Gasteiger partial charge in [0.25, 0.3) is 0 Å². The zero-order valence-electron chi connectivity index (χ0n) is 17.6. The van der Waals surface area contributed by atoms with Crippen LogP contribution in [0.1, 0.15) is 39.9 Å². The summed E-state index contributed by atoms with van der Waals surface area (Å²) in [7, 11) is 0. The number of nitrogens with zero attached hydrogens (tertiary/aromatic N) is 2. The molecule has 0 radical (unpaired) electrons. The number of benzene rings is 3. The average molecular weight is 442 g/mol. The molecular formula is C25H22N4O4. The summed E-state index contributed by atoms with van der Waals surface area (Å²) in [6.45, 7) is 0. The van der Waals surface area contributed by atoms with Crippen molar-refractivity contribution in [1.29, 1.82) is 5.26 Å². The van der Waals surface area contributed by atoms with Crippen LogP contribution in [0.4, 0.5) is 17.1 Å². The number of fused-ring (bicyclic) bond motifs is 2. The minimum atomic E-state index is -0.757. The van der Waals surface area contributed by atoms with Crippen molar-refractivity contribution in [3.63, 3.8) is 0 Å². The molecule has 0 bridgehead atoms. The van der Waals surface area contributed by atoms with Gasteiger partial charge in [-0.05, 0) is 34.4 Å². The maximum atomic E-state index is 11.9. The molecule has 0 aliphatic heterocycles. The van der Waals surface area contributed by atoms with Gasteiger partial charge in [-0.15, -0.1) is 0 Å². The fraction of sp³-hybridized carbons (Fsp3) is 0.240. The highest BCUT2D eigenvalue weighted by molar-refractivity contribution is 5.76. The Balaban J connectivity index is 1.53. The molecule has 3 aromatic carbocycles. The molecule has 4 N–H and O–H groups in total. The maximum absolute atomic E-state index is 11.9. The first-order valence-corrected chi connectivity index (χ1v) is 10.7. The van der Waals surface area contributed by atoms with Crippen LogP contribution in [0, 0.1) is 21.4 Å². The van der Waals surface area contributed by atoms with E-state index in [1.807, 2.05) is 54.6 Å². The second-order valence-electron chi connectivity index (χ2n) is 8.47. The Bertz CT molecular complexity index is 1290. The van der Waals surface area contributed by atoms with E-state index in [0.717, 1.165) is 22.3 Å². The van der Waals surface area contributed by atoms with Gasteiger partial charge in [0, 0.05) is 18.5 Å². The number of hydrogen-bond donors (Lipinski definition) is 4. The molecule has 8 heteroatoms. The zero-order valence-corrected chi connectivity index (χ0v) is 17.6. The highest BCUT2D eigenvalue weighted by atomic mass is 16.6. The SMILES string of the molecule is N#Cc1cc(N[C@H]2c3ccccc3C[C@H]2O)cc(N[C@H]2c3ccccc3C[C@H]2O)c1[N+](=O)[O-]. The summed E-state index contributed by atoms with van der Waals surface area (Å²) in [5.41, 5.74) is 4.01. The first-order valence-electron chi connectivity index (χ1n) is 10.7. The predicted molar refractivity (Wildman–Crippen MR) is 123 cm³/mol. The molecule has 0 heterocycles. The molecule has 166 valence electrons. The van der Waals surface area contributed by atoms with Crippen LogP contribution in [-0.4, -0.2) is 27.3 Å². The lowest BCUT2D eigenvalue weighted by atomic mass is 10.0. The Labute approximate surface area is 190 Å². The minimum Gasteiger partial charge on any atom is -0.390 e. The lowest BCUT2D eigenvalue weighted by Gasteiger charge is -2.22. The normalized spacial score (nSPS) is 22.8. The first kappa shape index (κ1) is 20.9. The number of nitrogens with one attached hydrogen (secondary N) is 2. The van der Waals surface area contributed by atoms with Crippen molar-refractivity contribution in [1.82, 2.24) is 0 Å². The molecule has 3 aromatic rings. The van der Waals surface area contributed by atoms with E-state index >= 15 is 0 Å². The molecule has 4 atom stereocenters. The molecule has 33 heavy (non-hydrogen) atoms. The number of nitro groups is 1. The molecule has 0 unspecified atom stereocenters. The monoisotopic (exact) mass is 442 g/mol. The van der Waals surface area contributed by atoms with Crippen LogP contribution in [0.15, 0.2) is 60.7 Å². The number of rotatable bonds is 5. The lowest BCUT2D eigenvalue weighted by Crippen LogP contribution is -2.23. The quantitative estimate of drug-likeness (QED) is 0.351. The fourth-order valence-corrected chi connectivity index (χ4v) is 4.95. The summed E-state index contributed by atoms with van der Waals surface area (Å²) in [6, 6.07) is 19.2. The summed E-state index contributed by atoms with van der Waals surface area (Å²) < 4.78 is 0. The van der Waals surface area contributed by atoms with E-state index in [-0.39, 0.29) is 16.9 Å². The van der Waals surface area contributed by atoms with Gasteiger partial charge < -0.3 is 20.8 Å². The molecule has 0 saturated heterocycles. The highest BCUT2D eigenvalue weighted by Gasteiger charge is 2.34. The number of aliphatic hydroxyl groups is 2. The molecular weight excluding hydrogens is 420 g/mol. The van der Waals surface area contributed by atoms with E-state index in [9.17, 15) is 25.6 Å². The third-order valence-electron chi connectivity index (χ3n) is 6.45. The predicted octanol–water partition coefficient (Wildman–Crippen LogP) is 3.61. The van der Waals surface area contributed by atoms with Crippen LogP contribution < -0.4 is 10.6 Å². The molecule has 5 rings (SSSR count). The summed E-state index contributed by atoms with van der Waals surface area (Å²) in [5, 5.41) is 49.1. The van der Waals surface area contributed by atoms with Gasteiger partial charge >= 0.3 is 5.69 Å². The number of hydrogen-bond acceptors (Lipinski definition) is 7. The molecule has 0 spiro atoms. The highest BCUT2D eigenvalue weighted by Crippen LogP contribution is 2.41. The maximum Gasteiger partial charge on any atom is 0.310 e. The van der Waals surface area contributed by atoms with Crippen LogP contribution in [0.2, 0.25) is 0 Å². The smallest absolute Gasteiger partial charge is 0.310 e. The van der Waals surface area contributed by atoms with Crippen molar-refractivity contribution >= 4 is 17.1 Å². The van der Waals surface area contributed by atoms with Crippen LogP contribution in [-0.2, 0) is 12.8 Å². The molecule has 0 amide bonds. The summed E-state index contributed by atoms with van der Waals surface area (Å²) in [4.78, 5) is 11.3. The van der Waals surface area contributed by atoms with Crippen molar-refractivity contribution in [2.45, 2.75) is 37.1 Å². The number of nitriles is 1. The Kier molecular flexibility index (Phi) is 5.21. The standard InChI is InChI=1S/C25H22N4O4/c26-13-16-9-17(27-23-18-7-3-1-5-14(18)10-21(23)30)12-20(25(16)29(32)33)28-24-19-8-4-2-6-15(19)11-22(24)31/h1-9,12,21-24,27-28,30-31H,10-11H2/t21-,22-,23+,24+/m1/s1. The molecule has 0 aromatic heterocycles. The van der Waals surface area contributed by atoms with Gasteiger partial charge in [-0.25, -0.2) is 0 Å².